The van der Waals surface area contributed by atoms with Crippen LogP contribution >= 0.6 is 11.3 Å². The van der Waals surface area contributed by atoms with Crippen molar-refractivity contribution in [2.75, 3.05) is 0 Å². The van der Waals surface area contributed by atoms with Gasteiger partial charge in [0.25, 0.3) is 0 Å². The molecule has 0 aliphatic heterocycles. The Labute approximate surface area is 153 Å². The molecule has 0 atom stereocenters. The molecule has 5 rings (SSSR count). The molecule has 5 aromatic rings. The molecular formula is C19H14N6S. The van der Waals surface area contributed by atoms with Crippen LogP contribution in [0.2, 0.25) is 0 Å². The molecular weight excluding hydrogens is 344 g/mol. The molecule has 2 aromatic carbocycles. The normalized spacial score (nSPS) is 11.3. The van der Waals surface area contributed by atoms with Crippen molar-refractivity contribution in [3.8, 4) is 28.3 Å². The van der Waals surface area contributed by atoms with E-state index in [4.69, 9.17) is 5.10 Å². The van der Waals surface area contributed by atoms with E-state index in [0.29, 0.717) is 5.82 Å². The number of benzene rings is 2. The van der Waals surface area contributed by atoms with E-state index in [-0.39, 0.29) is 0 Å². The predicted octanol–water partition coefficient (Wildman–Crippen LogP) is 4.01. The van der Waals surface area contributed by atoms with Crippen LogP contribution in [0.5, 0.6) is 0 Å². The Morgan fingerprint density at radius 3 is 2.35 bits per heavy atom. The minimum atomic E-state index is 0.699. The minimum Gasteiger partial charge on any atom is -0.240 e. The molecule has 0 fully saturated rings. The Kier molecular flexibility index (Phi) is 3.39. The van der Waals surface area contributed by atoms with Crippen LogP contribution in [0.25, 0.3) is 33.3 Å². The SMILES string of the molecule is Cc1nn2c(-c3cn(-c4ccccc4)nc3-c3ccccc3)nnc2s1. The van der Waals surface area contributed by atoms with Gasteiger partial charge in [-0.1, -0.05) is 59.9 Å². The summed E-state index contributed by atoms with van der Waals surface area (Å²) in [5, 5.41) is 19.0. The summed E-state index contributed by atoms with van der Waals surface area (Å²) < 4.78 is 3.66. The van der Waals surface area contributed by atoms with Crippen LogP contribution in [0.1, 0.15) is 5.01 Å². The molecule has 0 radical (unpaired) electrons. The first-order chi connectivity index (χ1) is 12.8. The van der Waals surface area contributed by atoms with E-state index >= 15 is 0 Å². The Bertz CT molecular complexity index is 1190. The van der Waals surface area contributed by atoms with E-state index < -0.39 is 0 Å². The molecule has 0 spiro atoms. The zero-order valence-electron chi connectivity index (χ0n) is 13.9. The van der Waals surface area contributed by atoms with Crippen LogP contribution < -0.4 is 0 Å². The minimum absolute atomic E-state index is 0.699. The van der Waals surface area contributed by atoms with Gasteiger partial charge in [-0.15, -0.1) is 10.2 Å². The molecule has 0 bridgehead atoms. The number of aryl methyl sites for hydroxylation is 1. The molecule has 0 unspecified atom stereocenters. The van der Waals surface area contributed by atoms with Crippen molar-refractivity contribution in [3.63, 3.8) is 0 Å². The molecule has 0 saturated carbocycles. The number of rotatable bonds is 3. The van der Waals surface area contributed by atoms with Crippen LogP contribution in [0.15, 0.2) is 66.9 Å². The molecule has 0 amide bonds. The van der Waals surface area contributed by atoms with Gasteiger partial charge in [-0.25, -0.2) is 4.68 Å². The van der Waals surface area contributed by atoms with E-state index in [1.165, 1.54) is 11.3 Å². The lowest BCUT2D eigenvalue weighted by Gasteiger charge is -2.00. The molecule has 6 nitrogen and oxygen atoms in total. The van der Waals surface area contributed by atoms with Crippen LogP contribution in [-0.4, -0.2) is 29.6 Å². The highest BCUT2D eigenvalue weighted by atomic mass is 32.1. The average molecular weight is 358 g/mol. The highest BCUT2D eigenvalue weighted by molar-refractivity contribution is 7.16. The molecule has 26 heavy (non-hydrogen) atoms. The van der Waals surface area contributed by atoms with E-state index in [1.54, 1.807) is 4.52 Å². The van der Waals surface area contributed by atoms with E-state index in [1.807, 2.05) is 78.5 Å². The monoisotopic (exact) mass is 358 g/mol. The fourth-order valence-electron chi connectivity index (χ4n) is 2.94. The van der Waals surface area contributed by atoms with Gasteiger partial charge < -0.3 is 0 Å². The van der Waals surface area contributed by atoms with Crippen LogP contribution in [0, 0.1) is 6.92 Å². The first-order valence-electron chi connectivity index (χ1n) is 8.19. The quantitative estimate of drug-likeness (QED) is 0.489. The largest absolute Gasteiger partial charge is 0.240 e. The summed E-state index contributed by atoms with van der Waals surface area (Å²) in [4.78, 5) is 0.781. The number of nitrogens with zero attached hydrogens (tertiary/aromatic N) is 6. The predicted molar refractivity (Wildman–Crippen MR) is 101 cm³/mol. The third-order valence-corrected chi connectivity index (χ3v) is 4.93. The van der Waals surface area contributed by atoms with Crippen molar-refractivity contribution >= 4 is 16.3 Å². The average Bonchev–Trinajstić information content (AvgIpc) is 3.37. The van der Waals surface area contributed by atoms with Gasteiger partial charge in [-0.3, -0.25) is 0 Å². The summed E-state index contributed by atoms with van der Waals surface area (Å²) in [5.74, 6) is 0.699. The number of hydrogen-bond acceptors (Lipinski definition) is 5. The lowest BCUT2D eigenvalue weighted by Crippen LogP contribution is -1.93. The van der Waals surface area contributed by atoms with Gasteiger partial charge in [-0.05, 0) is 19.1 Å². The number of para-hydroxylation sites is 1. The maximum atomic E-state index is 4.83. The lowest BCUT2D eigenvalue weighted by molar-refractivity contribution is 0.884. The zero-order chi connectivity index (χ0) is 17.5. The molecule has 7 heteroatoms. The lowest BCUT2D eigenvalue weighted by atomic mass is 10.1. The third-order valence-electron chi connectivity index (χ3n) is 4.12. The second-order valence-electron chi connectivity index (χ2n) is 5.88. The Hall–Kier alpha value is -3.32. The summed E-state index contributed by atoms with van der Waals surface area (Å²) in [6.07, 6.45) is 1.99. The molecule has 0 aliphatic rings. The van der Waals surface area contributed by atoms with Crippen LogP contribution in [-0.2, 0) is 0 Å². The third kappa shape index (κ3) is 2.41. The first kappa shape index (κ1) is 15.0. The van der Waals surface area contributed by atoms with E-state index in [9.17, 15) is 0 Å². The van der Waals surface area contributed by atoms with Crippen molar-refractivity contribution in [2.45, 2.75) is 6.92 Å². The molecule has 3 aromatic heterocycles. The summed E-state index contributed by atoms with van der Waals surface area (Å²) in [6.45, 7) is 1.97. The molecule has 0 aliphatic carbocycles. The van der Waals surface area contributed by atoms with Crippen molar-refractivity contribution in [2.24, 2.45) is 0 Å². The van der Waals surface area contributed by atoms with E-state index in [0.717, 1.165) is 32.5 Å². The molecule has 126 valence electrons. The fraction of sp³-hybridized carbons (Fsp3) is 0.0526. The number of hydrogen-bond donors (Lipinski definition) is 0. The maximum Gasteiger partial charge on any atom is 0.234 e. The highest BCUT2D eigenvalue weighted by Crippen LogP contribution is 2.31. The molecule has 0 saturated heterocycles. The van der Waals surface area contributed by atoms with Gasteiger partial charge in [-0.2, -0.15) is 14.7 Å². The van der Waals surface area contributed by atoms with Gasteiger partial charge in [0, 0.05) is 11.8 Å². The van der Waals surface area contributed by atoms with Crippen LogP contribution in [0.4, 0.5) is 0 Å². The van der Waals surface area contributed by atoms with Crippen LogP contribution in [0.3, 0.4) is 0 Å². The number of aromatic nitrogens is 6. The smallest absolute Gasteiger partial charge is 0.234 e. The van der Waals surface area contributed by atoms with Crippen molar-refractivity contribution in [1.29, 1.82) is 0 Å². The zero-order valence-corrected chi connectivity index (χ0v) is 14.8. The van der Waals surface area contributed by atoms with Crippen molar-refractivity contribution in [1.82, 2.24) is 29.6 Å². The first-order valence-corrected chi connectivity index (χ1v) is 9.01. The second-order valence-corrected chi connectivity index (χ2v) is 7.04. The summed E-state index contributed by atoms with van der Waals surface area (Å²) in [6, 6.07) is 20.1. The Morgan fingerprint density at radius 1 is 0.846 bits per heavy atom. The van der Waals surface area contributed by atoms with Gasteiger partial charge in [0.2, 0.25) is 4.96 Å². The van der Waals surface area contributed by atoms with Gasteiger partial charge in [0.15, 0.2) is 5.82 Å². The highest BCUT2D eigenvalue weighted by Gasteiger charge is 2.20. The van der Waals surface area contributed by atoms with Gasteiger partial charge in [0.05, 0.1) is 11.3 Å². The molecule has 0 N–H and O–H groups in total. The second kappa shape index (κ2) is 5.89. The van der Waals surface area contributed by atoms with Crippen molar-refractivity contribution in [3.05, 3.63) is 71.9 Å². The number of fused-ring (bicyclic) bond motifs is 1. The van der Waals surface area contributed by atoms with Gasteiger partial charge in [0.1, 0.15) is 10.7 Å². The maximum absolute atomic E-state index is 4.83. The fourth-order valence-corrected chi connectivity index (χ4v) is 3.62. The summed E-state index contributed by atoms with van der Waals surface area (Å²) in [7, 11) is 0. The summed E-state index contributed by atoms with van der Waals surface area (Å²) in [5.41, 5.74) is 3.78. The topological polar surface area (TPSA) is 60.9 Å². The van der Waals surface area contributed by atoms with E-state index in [2.05, 4.69) is 15.3 Å². The molecule has 3 heterocycles. The van der Waals surface area contributed by atoms with Gasteiger partial charge >= 0.3 is 0 Å². The Morgan fingerprint density at radius 2 is 1.58 bits per heavy atom. The van der Waals surface area contributed by atoms with Crippen molar-refractivity contribution < 1.29 is 0 Å². The standard InChI is InChI=1S/C19H14N6S/c1-13-22-25-18(20-21-19(25)26-13)16-12-24(15-10-6-3-7-11-15)23-17(16)14-8-4-2-5-9-14/h2-12H,1H3. The summed E-state index contributed by atoms with van der Waals surface area (Å²) >= 11 is 1.52. The Balaban J connectivity index is 1.76.